The second-order valence-electron chi connectivity index (χ2n) is 4.18. The first-order valence-electron chi connectivity index (χ1n) is 5.65. The van der Waals surface area contributed by atoms with Crippen molar-refractivity contribution in [2.45, 2.75) is 6.18 Å². The van der Waals surface area contributed by atoms with Crippen molar-refractivity contribution in [2.75, 3.05) is 0 Å². The number of fused-ring (bicyclic) bond motifs is 1. The van der Waals surface area contributed by atoms with E-state index in [9.17, 15) is 13.2 Å². The third kappa shape index (κ3) is 2.07. The van der Waals surface area contributed by atoms with Crippen molar-refractivity contribution in [1.82, 2.24) is 9.97 Å². The highest BCUT2D eigenvalue weighted by Crippen LogP contribution is 2.37. The second kappa shape index (κ2) is 4.12. The summed E-state index contributed by atoms with van der Waals surface area (Å²) in [5.41, 5.74) is 1.51. The van der Waals surface area contributed by atoms with Gasteiger partial charge < -0.3 is 4.98 Å². The summed E-state index contributed by atoms with van der Waals surface area (Å²) in [6, 6.07) is 10.6. The molecule has 2 nitrogen and oxygen atoms in total. The van der Waals surface area contributed by atoms with Crippen LogP contribution in [-0.2, 0) is 6.18 Å². The van der Waals surface area contributed by atoms with E-state index in [4.69, 9.17) is 0 Å². The molecule has 0 spiro atoms. The van der Waals surface area contributed by atoms with Crippen LogP contribution in [0, 0.1) is 0 Å². The highest BCUT2D eigenvalue weighted by Gasteiger charge is 2.33. The van der Waals surface area contributed by atoms with Gasteiger partial charge >= 0.3 is 6.18 Å². The van der Waals surface area contributed by atoms with Crippen LogP contribution in [0.4, 0.5) is 13.2 Å². The number of hydrogen-bond donors (Lipinski definition) is 1. The molecule has 0 fully saturated rings. The Morgan fingerprint density at radius 2 is 1.79 bits per heavy atom. The topological polar surface area (TPSA) is 28.7 Å². The molecule has 0 aliphatic heterocycles. The maximum absolute atomic E-state index is 13.0. The van der Waals surface area contributed by atoms with Gasteiger partial charge in [-0.1, -0.05) is 24.3 Å². The highest BCUT2D eigenvalue weighted by atomic mass is 19.4. The van der Waals surface area contributed by atoms with Gasteiger partial charge in [0.15, 0.2) is 0 Å². The van der Waals surface area contributed by atoms with Gasteiger partial charge in [0.05, 0.1) is 22.9 Å². The SMILES string of the molecule is FC(F)(F)c1ccccc1-c1ccc2nc[nH]c2c1. The van der Waals surface area contributed by atoms with E-state index in [-0.39, 0.29) is 5.56 Å². The van der Waals surface area contributed by atoms with Gasteiger partial charge in [-0.05, 0) is 29.3 Å². The molecule has 0 radical (unpaired) electrons. The molecule has 1 aromatic heterocycles. The van der Waals surface area contributed by atoms with Crippen molar-refractivity contribution in [3.8, 4) is 11.1 Å². The lowest BCUT2D eigenvalue weighted by Crippen LogP contribution is -2.06. The van der Waals surface area contributed by atoms with Crippen LogP contribution in [0.5, 0.6) is 0 Å². The zero-order chi connectivity index (χ0) is 13.5. The molecule has 0 aliphatic rings. The number of H-pyrrole nitrogens is 1. The first-order chi connectivity index (χ1) is 9.05. The van der Waals surface area contributed by atoms with Crippen molar-refractivity contribution < 1.29 is 13.2 Å². The summed E-state index contributed by atoms with van der Waals surface area (Å²) in [5.74, 6) is 0. The van der Waals surface area contributed by atoms with Crippen molar-refractivity contribution in [1.29, 1.82) is 0 Å². The first-order valence-corrected chi connectivity index (χ1v) is 5.65. The normalized spacial score (nSPS) is 11.9. The summed E-state index contributed by atoms with van der Waals surface area (Å²) >= 11 is 0. The van der Waals surface area contributed by atoms with Gasteiger partial charge in [-0.2, -0.15) is 13.2 Å². The number of aromatic nitrogens is 2. The number of benzene rings is 2. The molecule has 1 N–H and O–H groups in total. The van der Waals surface area contributed by atoms with Crippen LogP contribution >= 0.6 is 0 Å². The fourth-order valence-corrected chi connectivity index (χ4v) is 2.09. The molecule has 3 aromatic rings. The van der Waals surface area contributed by atoms with Crippen molar-refractivity contribution >= 4 is 11.0 Å². The zero-order valence-electron chi connectivity index (χ0n) is 9.70. The Hall–Kier alpha value is -2.30. The second-order valence-corrected chi connectivity index (χ2v) is 4.18. The molecule has 0 aliphatic carbocycles. The van der Waals surface area contributed by atoms with Crippen LogP contribution in [-0.4, -0.2) is 9.97 Å². The maximum atomic E-state index is 13.0. The molecule has 0 saturated carbocycles. The lowest BCUT2D eigenvalue weighted by atomic mass is 9.99. The predicted molar refractivity (Wildman–Crippen MR) is 66.5 cm³/mol. The van der Waals surface area contributed by atoms with E-state index >= 15 is 0 Å². The molecule has 0 unspecified atom stereocenters. The van der Waals surface area contributed by atoms with Crippen LogP contribution in [0.25, 0.3) is 22.2 Å². The Balaban J connectivity index is 2.21. The van der Waals surface area contributed by atoms with Gasteiger partial charge in [-0.25, -0.2) is 4.98 Å². The summed E-state index contributed by atoms with van der Waals surface area (Å²) in [6.45, 7) is 0. The van der Waals surface area contributed by atoms with Gasteiger partial charge in [0.1, 0.15) is 0 Å². The van der Waals surface area contributed by atoms with E-state index in [1.165, 1.54) is 18.5 Å². The standard InChI is InChI=1S/C14H9F3N2/c15-14(16,17)11-4-2-1-3-10(11)9-5-6-12-13(7-9)19-8-18-12/h1-8H,(H,18,19). The Labute approximate surface area is 106 Å². The van der Waals surface area contributed by atoms with Crippen LogP contribution in [0.15, 0.2) is 48.8 Å². The number of imidazole rings is 1. The Morgan fingerprint density at radius 3 is 2.58 bits per heavy atom. The van der Waals surface area contributed by atoms with Crippen molar-refractivity contribution in [3.63, 3.8) is 0 Å². The third-order valence-electron chi connectivity index (χ3n) is 2.96. The quantitative estimate of drug-likeness (QED) is 0.697. The fourth-order valence-electron chi connectivity index (χ4n) is 2.09. The average molecular weight is 262 g/mol. The van der Waals surface area contributed by atoms with Crippen LogP contribution < -0.4 is 0 Å². The number of halogens is 3. The molecular weight excluding hydrogens is 253 g/mol. The molecule has 0 atom stereocenters. The summed E-state index contributed by atoms with van der Waals surface area (Å²) in [5, 5.41) is 0. The summed E-state index contributed by atoms with van der Waals surface area (Å²) in [6.07, 6.45) is -2.84. The van der Waals surface area contributed by atoms with Gasteiger partial charge in [0.2, 0.25) is 0 Å². The summed E-state index contributed by atoms with van der Waals surface area (Å²) < 4.78 is 38.9. The minimum Gasteiger partial charge on any atom is -0.345 e. The van der Waals surface area contributed by atoms with E-state index < -0.39 is 11.7 Å². The predicted octanol–water partition coefficient (Wildman–Crippen LogP) is 4.25. The molecule has 19 heavy (non-hydrogen) atoms. The Bertz CT molecular complexity index is 729. The van der Waals surface area contributed by atoms with Crippen molar-refractivity contribution in [2.24, 2.45) is 0 Å². The number of nitrogens with zero attached hydrogens (tertiary/aromatic N) is 1. The van der Waals surface area contributed by atoms with E-state index in [1.807, 2.05) is 0 Å². The fraction of sp³-hybridized carbons (Fsp3) is 0.0714. The van der Waals surface area contributed by atoms with E-state index in [2.05, 4.69) is 9.97 Å². The number of hydrogen-bond acceptors (Lipinski definition) is 1. The number of rotatable bonds is 1. The third-order valence-corrected chi connectivity index (χ3v) is 2.96. The summed E-state index contributed by atoms with van der Waals surface area (Å²) in [7, 11) is 0. The highest BCUT2D eigenvalue weighted by molar-refractivity contribution is 5.82. The Morgan fingerprint density at radius 1 is 1.00 bits per heavy atom. The zero-order valence-corrected chi connectivity index (χ0v) is 9.70. The van der Waals surface area contributed by atoms with Crippen LogP contribution in [0.2, 0.25) is 0 Å². The largest absolute Gasteiger partial charge is 0.417 e. The minimum absolute atomic E-state index is 0.173. The number of nitrogens with one attached hydrogen (secondary N) is 1. The van der Waals surface area contributed by atoms with Gasteiger partial charge in [0, 0.05) is 0 Å². The summed E-state index contributed by atoms with van der Waals surface area (Å²) in [4.78, 5) is 6.94. The van der Waals surface area contributed by atoms with Gasteiger partial charge in [-0.3, -0.25) is 0 Å². The molecule has 0 bridgehead atoms. The van der Waals surface area contributed by atoms with Gasteiger partial charge in [0.25, 0.3) is 0 Å². The van der Waals surface area contributed by atoms with Crippen molar-refractivity contribution in [3.05, 3.63) is 54.4 Å². The molecule has 96 valence electrons. The molecule has 2 aromatic carbocycles. The molecular formula is C14H9F3N2. The van der Waals surface area contributed by atoms with Gasteiger partial charge in [-0.15, -0.1) is 0 Å². The number of alkyl halides is 3. The van der Waals surface area contributed by atoms with Crippen LogP contribution in [0.1, 0.15) is 5.56 Å². The maximum Gasteiger partial charge on any atom is 0.417 e. The molecule has 0 amide bonds. The van der Waals surface area contributed by atoms with E-state index in [0.717, 1.165) is 17.1 Å². The number of aromatic amines is 1. The molecule has 1 heterocycles. The van der Waals surface area contributed by atoms with E-state index in [0.29, 0.717) is 5.56 Å². The lowest BCUT2D eigenvalue weighted by molar-refractivity contribution is -0.137. The average Bonchev–Trinajstić information content (AvgIpc) is 2.85. The monoisotopic (exact) mass is 262 g/mol. The van der Waals surface area contributed by atoms with E-state index in [1.54, 1.807) is 24.3 Å². The molecule has 0 saturated heterocycles. The molecule has 5 heteroatoms. The smallest absolute Gasteiger partial charge is 0.345 e. The molecule has 3 rings (SSSR count). The minimum atomic E-state index is -4.36. The first kappa shape index (κ1) is 11.8. The lowest BCUT2D eigenvalue weighted by Gasteiger charge is -2.12. The Kier molecular flexibility index (Phi) is 2.55. The van der Waals surface area contributed by atoms with Crippen LogP contribution in [0.3, 0.4) is 0 Å².